The van der Waals surface area contributed by atoms with Crippen LogP contribution in [0, 0.1) is 5.92 Å². The topological polar surface area (TPSA) is 59.9 Å². The lowest BCUT2D eigenvalue weighted by molar-refractivity contribution is -0.143. The maximum Gasteiger partial charge on any atom is 0.316 e. The van der Waals surface area contributed by atoms with Gasteiger partial charge < -0.3 is 14.8 Å². The quantitative estimate of drug-likeness (QED) is 0.686. The lowest BCUT2D eigenvalue weighted by atomic mass is 9.86. The van der Waals surface area contributed by atoms with E-state index in [1.54, 1.807) is 14.0 Å². The summed E-state index contributed by atoms with van der Waals surface area (Å²) in [7, 11) is 3.02. The molecule has 1 aliphatic heterocycles. The third kappa shape index (κ3) is 2.73. The number of nitrogens with zero attached hydrogens (tertiary/aromatic N) is 1. The van der Waals surface area contributed by atoms with Crippen LogP contribution in [0.1, 0.15) is 18.5 Å². The highest BCUT2D eigenvalue weighted by Gasteiger charge is 2.37. The molecule has 1 N–H and O–H groups in total. The van der Waals surface area contributed by atoms with Crippen molar-refractivity contribution in [1.82, 2.24) is 5.32 Å². The molecule has 124 valence electrons. The molecule has 2 aromatic rings. The first-order valence-corrected chi connectivity index (χ1v) is 7.96. The number of carbonyl (C=O) groups excluding carboxylic acids is 1. The van der Waals surface area contributed by atoms with E-state index in [0.717, 1.165) is 22.1 Å². The third-order valence-electron chi connectivity index (χ3n) is 4.27. The fourth-order valence-corrected chi connectivity index (χ4v) is 3.43. The molecular weight excluding hydrogens is 324 g/mol. The number of benzene rings is 2. The molecule has 1 heterocycles. The Hall–Kier alpha value is -2.47. The zero-order valence-corrected chi connectivity index (χ0v) is 14.5. The molecule has 2 unspecified atom stereocenters. The predicted octanol–water partition coefficient (Wildman–Crippen LogP) is 3.03. The van der Waals surface area contributed by atoms with Gasteiger partial charge in [0.25, 0.3) is 0 Å². The summed E-state index contributed by atoms with van der Waals surface area (Å²) in [6.45, 7) is 1.80. The van der Waals surface area contributed by atoms with Gasteiger partial charge in [-0.1, -0.05) is 30.3 Å². The Bertz CT molecular complexity index is 847. The summed E-state index contributed by atoms with van der Waals surface area (Å²) in [4.78, 5) is 16.5. The zero-order valence-electron chi connectivity index (χ0n) is 13.7. The van der Waals surface area contributed by atoms with Crippen LogP contribution in [0.15, 0.2) is 41.4 Å². The number of ether oxygens (including phenoxy) is 2. The van der Waals surface area contributed by atoms with E-state index in [0.29, 0.717) is 10.8 Å². The van der Waals surface area contributed by atoms with Gasteiger partial charge in [-0.15, -0.1) is 0 Å². The molecule has 0 bridgehead atoms. The van der Waals surface area contributed by atoms with Crippen molar-refractivity contribution >= 4 is 39.8 Å². The van der Waals surface area contributed by atoms with E-state index in [9.17, 15) is 4.79 Å². The van der Waals surface area contributed by atoms with Crippen LogP contribution in [0.25, 0.3) is 10.8 Å². The van der Waals surface area contributed by atoms with Gasteiger partial charge in [0.05, 0.1) is 20.3 Å². The standard InChI is InChI=1S/C18H18N2O3S/c1-10-15(17(21)23-3)16(20-18(24)19-10)13-8-9-14(22-2)12-7-5-4-6-11(12)13/h4-9,15-16H,1-3H3,(H,20,24). The largest absolute Gasteiger partial charge is 0.496 e. The Balaban J connectivity index is 2.20. The first-order chi connectivity index (χ1) is 11.6. The van der Waals surface area contributed by atoms with E-state index < -0.39 is 5.92 Å². The third-order valence-corrected chi connectivity index (χ3v) is 4.48. The number of thiocarbonyl (C=S) groups is 1. The number of esters is 1. The Morgan fingerprint density at radius 1 is 1.17 bits per heavy atom. The molecule has 0 saturated carbocycles. The number of nitrogens with one attached hydrogen (secondary N) is 1. The maximum absolute atomic E-state index is 12.3. The van der Waals surface area contributed by atoms with Gasteiger partial charge in [-0.3, -0.25) is 4.79 Å². The number of carbonyl (C=O) groups is 1. The summed E-state index contributed by atoms with van der Waals surface area (Å²) in [6.07, 6.45) is 0. The second kappa shape index (κ2) is 6.57. The van der Waals surface area contributed by atoms with Crippen molar-refractivity contribution in [1.29, 1.82) is 0 Å². The molecule has 0 amide bonds. The lowest BCUT2D eigenvalue weighted by Crippen LogP contribution is -2.44. The van der Waals surface area contributed by atoms with E-state index in [1.807, 2.05) is 36.4 Å². The molecule has 0 fully saturated rings. The van der Waals surface area contributed by atoms with Gasteiger partial charge in [-0.2, -0.15) is 0 Å². The van der Waals surface area contributed by atoms with Gasteiger partial charge in [-0.05, 0) is 36.2 Å². The number of hydrogen-bond donors (Lipinski definition) is 1. The lowest BCUT2D eigenvalue weighted by Gasteiger charge is -2.31. The fourth-order valence-electron chi connectivity index (χ4n) is 3.15. The van der Waals surface area contributed by atoms with Crippen LogP contribution < -0.4 is 10.1 Å². The highest BCUT2D eigenvalue weighted by molar-refractivity contribution is 7.80. The number of rotatable bonds is 3. The number of aliphatic imine (C=N–C) groups is 1. The van der Waals surface area contributed by atoms with Crippen molar-refractivity contribution in [3.63, 3.8) is 0 Å². The number of fused-ring (bicyclic) bond motifs is 1. The van der Waals surface area contributed by atoms with Crippen LogP contribution in [0.3, 0.4) is 0 Å². The zero-order chi connectivity index (χ0) is 17.3. The number of hydrogen-bond acceptors (Lipinski definition) is 4. The molecule has 3 rings (SSSR count). The molecule has 0 saturated heterocycles. The maximum atomic E-state index is 12.3. The van der Waals surface area contributed by atoms with Gasteiger partial charge in [0.2, 0.25) is 0 Å². The Morgan fingerprint density at radius 2 is 1.88 bits per heavy atom. The summed E-state index contributed by atoms with van der Waals surface area (Å²) in [6, 6.07) is 11.4. The van der Waals surface area contributed by atoms with Crippen molar-refractivity contribution in [3.05, 3.63) is 42.0 Å². The van der Waals surface area contributed by atoms with Crippen molar-refractivity contribution in [3.8, 4) is 5.75 Å². The second-order valence-electron chi connectivity index (χ2n) is 5.58. The van der Waals surface area contributed by atoms with E-state index in [4.69, 9.17) is 21.7 Å². The monoisotopic (exact) mass is 342 g/mol. The highest BCUT2D eigenvalue weighted by Crippen LogP contribution is 2.36. The summed E-state index contributed by atoms with van der Waals surface area (Å²) in [5, 5.41) is 5.51. The van der Waals surface area contributed by atoms with Gasteiger partial charge in [0.15, 0.2) is 5.11 Å². The highest BCUT2D eigenvalue weighted by atomic mass is 32.1. The summed E-state index contributed by atoms with van der Waals surface area (Å²) in [5.74, 6) is -0.0811. The van der Waals surface area contributed by atoms with Crippen LogP contribution in [0.5, 0.6) is 5.75 Å². The molecule has 0 aliphatic carbocycles. The molecule has 0 radical (unpaired) electrons. The fraction of sp³-hybridized carbons (Fsp3) is 0.278. The summed E-state index contributed by atoms with van der Waals surface area (Å²) < 4.78 is 10.4. The molecule has 2 atom stereocenters. The molecular formula is C18H18N2O3S. The SMILES string of the molecule is COC(=O)C1C(C)=NC(=S)NC1c1ccc(OC)c2ccccc12. The molecule has 2 aromatic carbocycles. The Labute approximate surface area is 145 Å². The van der Waals surface area contributed by atoms with Gasteiger partial charge >= 0.3 is 5.97 Å². The van der Waals surface area contributed by atoms with E-state index in [1.165, 1.54) is 7.11 Å². The Kier molecular flexibility index (Phi) is 4.49. The van der Waals surface area contributed by atoms with Crippen LogP contribution in [0.4, 0.5) is 0 Å². The van der Waals surface area contributed by atoms with Crippen molar-refractivity contribution in [2.75, 3.05) is 14.2 Å². The smallest absolute Gasteiger partial charge is 0.316 e. The first kappa shape index (κ1) is 16.4. The minimum Gasteiger partial charge on any atom is -0.496 e. The second-order valence-corrected chi connectivity index (χ2v) is 5.97. The normalized spacial score (nSPS) is 20.3. The van der Waals surface area contributed by atoms with E-state index in [2.05, 4.69) is 10.3 Å². The first-order valence-electron chi connectivity index (χ1n) is 7.56. The van der Waals surface area contributed by atoms with Crippen molar-refractivity contribution < 1.29 is 14.3 Å². The van der Waals surface area contributed by atoms with Gasteiger partial charge in [0.1, 0.15) is 11.7 Å². The van der Waals surface area contributed by atoms with Gasteiger partial charge in [0, 0.05) is 11.1 Å². The summed E-state index contributed by atoms with van der Waals surface area (Å²) in [5.41, 5.74) is 1.61. The average Bonchev–Trinajstić information content (AvgIpc) is 2.59. The Morgan fingerprint density at radius 3 is 2.54 bits per heavy atom. The molecule has 0 spiro atoms. The average molecular weight is 342 g/mol. The van der Waals surface area contributed by atoms with E-state index in [-0.39, 0.29) is 12.0 Å². The van der Waals surface area contributed by atoms with Crippen LogP contribution in [0.2, 0.25) is 0 Å². The molecule has 0 aromatic heterocycles. The minimum atomic E-state index is -0.529. The van der Waals surface area contributed by atoms with Crippen LogP contribution >= 0.6 is 12.2 Å². The molecule has 5 nitrogen and oxygen atoms in total. The molecule has 6 heteroatoms. The minimum absolute atomic E-state index is 0.335. The van der Waals surface area contributed by atoms with Crippen LogP contribution in [-0.4, -0.2) is 31.0 Å². The van der Waals surface area contributed by atoms with Crippen molar-refractivity contribution in [2.45, 2.75) is 13.0 Å². The molecule has 24 heavy (non-hydrogen) atoms. The van der Waals surface area contributed by atoms with Crippen LogP contribution in [-0.2, 0) is 9.53 Å². The summed E-state index contributed by atoms with van der Waals surface area (Å²) >= 11 is 5.23. The number of methoxy groups -OCH3 is 2. The molecule has 1 aliphatic rings. The van der Waals surface area contributed by atoms with E-state index >= 15 is 0 Å². The predicted molar refractivity (Wildman–Crippen MR) is 97.6 cm³/mol. The van der Waals surface area contributed by atoms with Gasteiger partial charge in [-0.25, -0.2) is 4.99 Å². The van der Waals surface area contributed by atoms with Crippen molar-refractivity contribution in [2.24, 2.45) is 10.9 Å².